The normalized spacial score (nSPS) is 10.7. The van der Waals surface area contributed by atoms with Gasteiger partial charge in [-0.2, -0.15) is 5.10 Å². The Kier molecular flexibility index (Phi) is 4.98. The van der Waals surface area contributed by atoms with Crippen molar-refractivity contribution >= 4 is 22.4 Å². The Hall–Kier alpha value is -4.07. The van der Waals surface area contributed by atoms with Gasteiger partial charge < -0.3 is 10.1 Å². The second-order valence-corrected chi connectivity index (χ2v) is 6.18. The number of carbonyl (C=O) groups excluding carboxylic acids is 1. The van der Waals surface area contributed by atoms with Crippen molar-refractivity contribution in [3.8, 4) is 11.6 Å². The average molecular weight is 390 g/mol. The molecule has 0 aliphatic rings. The third-order valence-electron chi connectivity index (χ3n) is 4.11. The van der Waals surface area contributed by atoms with Crippen LogP contribution < -0.4 is 15.6 Å². The number of hydrogen-bond donors (Lipinski definition) is 1. The Balaban J connectivity index is 1.41. The average Bonchev–Trinajstić information content (AvgIpc) is 2.73. The third-order valence-corrected chi connectivity index (χ3v) is 4.11. The van der Waals surface area contributed by atoms with E-state index in [-0.39, 0.29) is 17.9 Å². The first-order valence-corrected chi connectivity index (χ1v) is 8.73. The van der Waals surface area contributed by atoms with E-state index in [9.17, 15) is 14.0 Å². The zero-order valence-corrected chi connectivity index (χ0v) is 15.1. The van der Waals surface area contributed by atoms with Crippen LogP contribution in [-0.4, -0.2) is 20.7 Å². The maximum absolute atomic E-state index is 12.9. The number of carbonyl (C=O) groups is 1. The van der Waals surface area contributed by atoms with Crippen molar-refractivity contribution in [1.29, 1.82) is 0 Å². The molecule has 0 saturated heterocycles. The number of nitrogens with zero attached hydrogens (tertiary/aromatic N) is 3. The van der Waals surface area contributed by atoms with E-state index in [4.69, 9.17) is 4.74 Å². The van der Waals surface area contributed by atoms with Crippen molar-refractivity contribution in [1.82, 2.24) is 14.8 Å². The molecule has 29 heavy (non-hydrogen) atoms. The van der Waals surface area contributed by atoms with E-state index in [0.29, 0.717) is 22.7 Å². The molecule has 0 unspecified atom stereocenters. The standard InChI is InChI=1S/C21H15FN4O3/c22-15-5-8-17(9-6-15)29-20-10-7-16(12-23-20)25-19(27)13-26-21(28)18-4-2-1-3-14(18)11-24-26/h1-12H,13H2,(H,25,27). The fourth-order valence-electron chi connectivity index (χ4n) is 2.71. The number of pyridine rings is 1. The number of nitrogens with one attached hydrogen (secondary N) is 1. The van der Waals surface area contributed by atoms with Gasteiger partial charge in [-0.05, 0) is 36.4 Å². The largest absolute Gasteiger partial charge is 0.439 e. The molecule has 0 spiro atoms. The summed E-state index contributed by atoms with van der Waals surface area (Å²) in [6, 6.07) is 15.8. The number of hydrogen-bond acceptors (Lipinski definition) is 5. The molecular weight excluding hydrogens is 375 g/mol. The molecule has 2 aromatic heterocycles. The lowest BCUT2D eigenvalue weighted by Gasteiger charge is -2.08. The number of ether oxygens (including phenoxy) is 1. The summed E-state index contributed by atoms with van der Waals surface area (Å²) in [5.74, 6) is -0.0354. The molecule has 0 atom stereocenters. The minimum Gasteiger partial charge on any atom is -0.439 e. The molecule has 1 N–H and O–H groups in total. The smallest absolute Gasteiger partial charge is 0.275 e. The van der Waals surface area contributed by atoms with Crippen molar-refractivity contribution in [2.24, 2.45) is 0 Å². The number of aromatic nitrogens is 3. The van der Waals surface area contributed by atoms with Crippen molar-refractivity contribution in [2.75, 3.05) is 5.32 Å². The molecule has 2 heterocycles. The van der Waals surface area contributed by atoms with E-state index in [1.54, 1.807) is 36.5 Å². The predicted molar refractivity (Wildman–Crippen MR) is 105 cm³/mol. The van der Waals surface area contributed by atoms with Gasteiger partial charge in [-0.25, -0.2) is 14.1 Å². The van der Waals surface area contributed by atoms with E-state index < -0.39 is 5.91 Å². The van der Waals surface area contributed by atoms with Crippen molar-refractivity contribution < 1.29 is 13.9 Å². The van der Waals surface area contributed by atoms with Crippen LogP contribution in [0.2, 0.25) is 0 Å². The highest BCUT2D eigenvalue weighted by molar-refractivity contribution is 5.90. The summed E-state index contributed by atoms with van der Waals surface area (Å²) in [4.78, 5) is 28.8. The highest BCUT2D eigenvalue weighted by Crippen LogP contribution is 2.20. The lowest BCUT2D eigenvalue weighted by atomic mass is 10.2. The molecule has 1 amide bonds. The molecule has 0 aliphatic carbocycles. The zero-order chi connectivity index (χ0) is 20.2. The van der Waals surface area contributed by atoms with Crippen molar-refractivity contribution in [2.45, 2.75) is 6.54 Å². The van der Waals surface area contributed by atoms with Crippen LogP contribution >= 0.6 is 0 Å². The van der Waals surface area contributed by atoms with Crippen molar-refractivity contribution in [3.63, 3.8) is 0 Å². The SMILES string of the molecule is O=C(Cn1ncc2ccccc2c1=O)Nc1ccc(Oc2ccc(F)cc2)nc1. The maximum atomic E-state index is 12.9. The Bertz CT molecular complexity index is 1220. The van der Waals surface area contributed by atoms with Gasteiger partial charge in [0.1, 0.15) is 18.1 Å². The minimum absolute atomic E-state index is 0.225. The molecule has 4 rings (SSSR count). The molecule has 0 fully saturated rings. The number of amides is 1. The minimum atomic E-state index is -0.413. The van der Waals surface area contributed by atoms with E-state index in [1.165, 1.54) is 30.5 Å². The van der Waals surface area contributed by atoms with E-state index in [0.717, 1.165) is 10.1 Å². The van der Waals surface area contributed by atoms with E-state index in [1.807, 2.05) is 6.07 Å². The van der Waals surface area contributed by atoms with Crippen LogP contribution in [0.5, 0.6) is 11.6 Å². The number of benzene rings is 2. The quantitative estimate of drug-likeness (QED) is 0.565. The number of fused-ring (bicyclic) bond motifs is 1. The number of anilines is 1. The Morgan fingerprint density at radius 3 is 2.59 bits per heavy atom. The first-order chi connectivity index (χ1) is 14.1. The van der Waals surface area contributed by atoms with Crippen LogP contribution in [0.1, 0.15) is 0 Å². The van der Waals surface area contributed by atoms with Gasteiger partial charge in [-0.15, -0.1) is 0 Å². The maximum Gasteiger partial charge on any atom is 0.275 e. The van der Waals surface area contributed by atoms with Crippen LogP contribution in [0.4, 0.5) is 10.1 Å². The third kappa shape index (κ3) is 4.27. The fraction of sp³-hybridized carbons (Fsp3) is 0.0476. The number of rotatable bonds is 5. The molecule has 0 bridgehead atoms. The Morgan fingerprint density at radius 1 is 1.03 bits per heavy atom. The molecule has 2 aromatic carbocycles. The van der Waals surface area contributed by atoms with Crippen LogP contribution in [0.25, 0.3) is 10.8 Å². The summed E-state index contributed by atoms with van der Waals surface area (Å²) in [5, 5.41) is 7.91. The highest BCUT2D eigenvalue weighted by atomic mass is 19.1. The first-order valence-electron chi connectivity index (χ1n) is 8.73. The van der Waals surface area contributed by atoms with Crippen LogP contribution in [0.3, 0.4) is 0 Å². The molecule has 0 radical (unpaired) electrons. The molecule has 144 valence electrons. The van der Waals surface area contributed by atoms with Gasteiger partial charge in [0.25, 0.3) is 5.56 Å². The molecule has 0 aliphatic heterocycles. The fourth-order valence-corrected chi connectivity index (χ4v) is 2.71. The summed E-state index contributed by atoms with van der Waals surface area (Å²) in [6.07, 6.45) is 2.97. The lowest BCUT2D eigenvalue weighted by Crippen LogP contribution is -2.29. The van der Waals surface area contributed by atoms with Crippen LogP contribution in [0.15, 0.2) is 77.9 Å². The highest BCUT2D eigenvalue weighted by Gasteiger charge is 2.09. The van der Waals surface area contributed by atoms with Gasteiger partial charge >= 0.3 is 0 Å². The summed E-state index contributed by atoms with van der Waals surface area (Å²) < 4.78 is 19.5. The molecule has 0 saturated carbocycles. The Morgan fingerprint density at radius 2 is 1.83 bits per heavy atom. The summed E-state index contributed by atoms with van der Waals surface area (Å²) in [7, 11) is 0. The van der Waals surface area contributed by atoms with Gasteiger partial charge in [0.15, 0.2) is 0 Å². The molecule has 4 aromatic rings. The zero-order valence-electron chi connectivity index (χ0n) is 15.1. The summed E-state index contributed by atoms with van der Waals surface area (Å²) in [6.45, 7) is -0.225. The van der Waals surface area contributed by atoms with Crippen molar-refractivity contribution in [3.05, 3.63) is 89.2 Å². The van der Waals surface area contributed by atoms with E-state index >= 15 is 0 Å². The van der Waals surface area contributed by atoms with Crippen LogP contribution in [-0.2, 0) is 11.3 Å². The lowest BCUT2D eigenvalue weighted by molar-refractivity contribution is -0.117. The van der Waals surface area contributed by atoms with Gasteiger partial charge in [0, 0.05) is 11.5 Å². The second kappa shape index (κ2) is 7.89. The molecular formula is C21H15FN4O3. The topological polar surface area (TPSA) is 86.1 Å². The number of halogens is 1. The Labute approximate surface area is 164 Å². The molecule has 8 heteroatoms. The van der Waals surface area contributed by atoms with Gasteiger partial charge in [-0.1, -0.05) is 18.2 Å². The summed E-state index contributed by atoms with van der Waals surface area (Å²) >= 11 is 0. The predicted octanol–water partition coefficient (Wildman–Crippen LogP) is 3.36. The monoisotopic (exact) mass is 390 g/mol. The second-order valence-electron chi connectivity index (χ2n) is 6.18. The first kappa shape index (κ1) is 18.3. The van der Waals surface area contributed by atoms with Crippen LogP contribution in [0, 0.1) is 5.82 Å². The van der Waals surface area contributed by atoms with E-state index in [2.05, 4.69) is 15.4 Å². The molecule has 7 nitrogen and oxygen atoms in total. The van der Waals surface area contributed by atoms with Gasteiger partial charge in [0.2, 0.25) is 11.8 Å². The summed E-state index contributed by atoms with van der Waals surface area (Å²) in [5.41, 5.74) is 0.106. The van der Waals surface area contributed by atoms with Gasteiger partial charge in [-0.3, -0.25) is 9.59 Å². The van der Waals surface area contributed by atoms with Gasteiger partial charge in [0.05, 0.1) is 23.5 Å².